The first kappa shape index (κ1) is 17.7. The third-order valence-corrected chi connectivity index (χ3v) is 5.15. The quantitative estimate of drug-likeness (QED) is 0.509. The number of carbonyl (C=O) groups excluding carboxylic acids is 1. The Bertz CT molecular complexity index is 970. The number of primary amides is 1. The van der Waals surface area contributed by atoms with Crippen LogP contribution in [0.2, 0.25) is 5.02 Å². The maximum absolute atomic E-state index is 12.1. The zero-order chi connectivity index (χ0) is 18.1. The summed E-state index contributed by atoms with van der Waals surface area (Å²) in [6.07, 6.45) is 2.35. The van der Waals surface area contributed by atoms with E-state index in [0.29, 0.717) is 31.2 Å². The fourth-order valence-electron chi connectivity index (χ4n) is 2.69. The number of hydrogen-bond donors (Lipinski definition) is 3. The molecular weight excluding hydrogens is 453 g/mol. The number of halogens is 2. The molecule has 0 aliphatic carbocycles. The molecular formula is C17H15ClIN5O. The van der Waals surface area contributed by atoms with Gasteiger partial charge in [-0.15, -0.1) is 0 Å². The molecule has 0 atom stereocenters. The van der Waals surface area contributed by atoms with E-state index < -0.39 is 5.91 Å². The molecule has 3 rings (SSSR count). The van der Waals surface area contributed by atoms with Crippen LogP contribution >= 0.6 is 34.2 Å². The summed E-state index contributed by atoms with van der Waals surface area (Å²) in [6, 6.07) is 7.32. The molecule has 0 radical (unpaired) electrons. The van der Waals surface area contributed by atoms with Gasteiger partial charge in [-0.3, -0.25) is 4.79 Å². The molecule has 2 heterocycles. The molecule has 0 aliphatic rings. The van der Waals surface area contributed by atoms with E-state index in [0.717, 1.165) is 17.5 Å². The highest BCUT2D eigenvalue weighted by atomic mass is 127. The van der Waals surface area contributed by atoms with Crippen molar-refractivity contribution in [3.8, 4) is 22.6 Å². The van der Waals surface area contributed by atoms with Crippen molar-refractivity contribution >= 4 is 46.0 Å². The molecule has 5 N–H and O–H groups in total. The van der Waals surface area contributed by atoms with E-state index in [1.165, 1.54) is 0 Å². The Kier molecular flexibility index (Phi) is 4.96. The van der Waals surface area contributed by atoms with Crippen LogP contribution < -0.4 is 11.5 Å². The predicted octanol–water partition coefficient (Wildman–Crippen LogP) is 3.64. The molecule has 0 saturated carbocycles. The van der Waals surface area contributed by atoms with Crippen molar-refractivity contribution in [3.05, 3.63) is 50.2 Å². The molecule has 1 aromatic carbocycles. The molecule has 2 aromatic heterocycles. The first-order chi connectivity index (χ1) is 11.9. The largest absolute Gasteiger partial charge is 0.368 e. The molecule has 1 amide bonds. The van der Waals surface area contributed by atoms with Crippen molar-refractivity contribution in [2.75, 3.05) is 5.73 Å². The zero-order valence-corrected chi connectivity index (χ0v) is 16.2. The van der Waals surface area contributed by atoms with E-state index in [2.05, 4.69) is 37.5 Å². The van der Waals surface area contributed by atoms with Gasteiger partial charge in [0.2, 0.25) is 5.95 Å². The van der Waals surface area contributed by atoms with Crippen molar-refractivity contribution in [1.82, 2.24) is 15.0 Å². The summed E-state index contributed by atoms with van der Waals surface area (Å²) in [4.78, 5) is 23.5. The Morgan fingerprint density at radius 3 is 2.72 bits per heavy atom. The number of anilines is 1. The summed E-state index contributed by atoms with van der Waals surface area (Å²) < 4.78 is 0.681. The fourth-order valence-corrected chi connectivity index (χ4v) is 3.81. The van der Waals surface area contributed by atoms with Gasteiger partial charge in [-0.05, 0) is 52.8 Å². The van der Waals surface area contributed by atoms with E-state index in [1.807, 2.05) is 25.1 Å². The van der Waals surface area contributed by atoms with E-state index in [1.54, 1.807) is 12.3 Å². The smallest absolute Gasteiger partial charge is 0.251 e. The van der Waals surface area contributed by atoms with Gasteiger partial charge in [0.05, 0.1) is 26.2 Å². The SMILES string of the molecule is CCc1ccc(Cl)cc1-c1[nH]c(-c2ccnc(N)n2)c(I)c1C(N)=O. The molecule has 8 heteroatoms. The first-order valence-electron chi connectivity index (χ1n) is 7.51. The lowest BCUT2D eigenvalue weighted by Gasteiger charge is -2.09. The molecule has 0 fully saturated rings. The number of nitrogens with one attached hydrogen (secondary N) is 1. The van der Waals surface area contributed by atoms with Crippen LogP contribution in [0.1, 0.15) is 22.8 Å². The lowest BCUT2D eigenvalue weighted by atomic mass is 10.00. The standard InChI is InChI=1S/C17H15ClIN5O/c1-2-8-3-4-9(18)7-10(8)14-12(16(20)25)13(19)15(24-14)11-5-6-22-17(21)23-11/h3-7,24H,2H2,1H3,(H2,20,25)(H2,21,22,23). The second-order valence-corrected chi connectivity index (χ2v) is 6.90. The van der Waals surface area contributed by atoms with Crippen molar-refractivity contribution in [2.45, 2.75) is 13.3 Å². The number of nitrogens with two attached hydrogens (primary N) is 2. The Morgan fingerprint density at radius 2 is 2.08 bits per heavy atom. The summed E-state index contributed by atoms with van der Waals surface area (Å²) in [7, 11) is 0. The van der Waals surface area contributed by atoms with Crippen LogP contribution in [0.15, 0.2) is 30.5 Å². The monoisotopic (exact) mass is 467 g/mol. The second kappa shape index (κ2) is 7.01. The van der Waals surface area contributed by atoms with Crippen LogP contribution in [-0.2, 0) is 6.42 Å². The summed E-state index contributed by atoms with van der Waals surface area (Å²) in [5.41, 5.74) is 15.5. The highest BCUT2D eigenvalue weighted by Crippen LogP contribution is 2.36. The van der Waals surface area contributed by atoms with Crippen molar-refractivity contribution in [2.24, 2.45) is 5.73 Å². The van der Waals surface area contributed by atoms with Crippen molar-refractivity contribution in [1.29, 1.82) is 0 Å². The van der Waals surface area contributed by atoms with Crippen molar-refractivity contribution in [3.63, 3.8) is 0 Å². The number of nitrogens with zero attached hydrogens (tertiary/aromatic N) is 2. The topological polar surface area (TPSA) is 111 Å². The number of nitrogen functional groups attached to an aromatic ring is 1. The van der Waals surface area contributed by atoms with Gasteiger partial charge in [-0.2, -0.15) is 0 Å². The molecule has 25 heavy (non-hydrogen) atoms. The van der Waals surface area contributed by atoms with Crippen LogP contribution in [0.25, 0.3) is 22.6 Å². The highest BCUT2D eigenvalue weighted by Gasteiger charge is 2.24. The predicted molar refractivity (Wildman–Crippen MR) is 107 cm³/mol. The van der Waals surface area contributed by atoms with E-state index >= 15 is 0 Å². The number of aryl methyl sites for hydroxylation is 1. The molecule has 128 valence electrons. The molecule has 0 aliphatic heterocycles. The second-order valence-electron chi connectivity index (χ2n) is 5.38. The Morgan fingerprint density at radius 1 is 1.32 bits per heavy atom. The minimum absolute atomic E-state index is 0.155. The number of H-pyrrole nitrogens is 1. The van der Waals surface area contributed by atoms with Crippen LogP contribution in [0.4, 0.5) is 5.95 Å². The average molecular weight is 468 g/mol. The molecule has 6 nitrogen and oxygen atoms in total. The number of carbonyl (C=O) groups is 1. The van der Waals surface area contributed by atoms with E-state index in [-0.39, 0.29) is 5.95 Å². The van der Waals surface area contributed by atoms with Gasteiger partial charge in [0.25, 0.3) is 5.91 Å². The summed E-state index contributed by atoms with van der Waals surface area (Å²) >= 11 is 8.26. The van der Waals surface area contributed by atoms with Gasteiger partial charge in [-0.1, -0.05) is 24.6 Å². The van der Waals surface area contributed by atoms with Gasteiger partial charge in [-0.25, -0.2) is 9.97 Å². The minimum atomic E-state index is -0.522. The lowest BCUT2D eigenvalue weighted by molar-refractivity contribution is 0.100. The van der Waals surface area contributed by atoms with Gasteiger partial charge >= 0.3 is 0 Å². The lowest BCUT2D eigenvalue weighted by Crippen LogP contribution is -2.13. The minimum Gasteiger partial charge on any atom is -0.368 e. The van der Waals surface area contributed by atoms with Gasteiger partial charge in [0.15, 0.2) is 0 Å². The average Bonchev–Trinajstić information content (AvgIpc) is 2.92. The molecule has 0 unspecified atom stereocenters. The summed E-state index contributed by atoms with van der Waals surface area (Å²) in [5, 5.41) is 0.583. The number of hydrogen-bond acceptors (Lipinski definition) is 4. The number of rotatable bonds is 4. The summed E-state index contributed by atoms with van der Waals surface area (Å²) in [5.74, 6) is -0.368. The van der Waals surface area contributed by atoms with Gasteiger partial charge in [0.1, 0.15) is 0 Å². The van der Waals surface area contributed by atoms with Gasteiger partial charge < -0.3 is 16.5 Å². The van der Waals surface area contributed by atoms with E-state index in [4.69, 9.17) is 23.1 Å². The molecule has 0 spiro atoms. The highest BCUT2D eigenvalue weighted by molar-refractivity contribution is 14.1. The number of aromatic nitrogens is 3. The fraction of sp³-hybridized carbons (Fsp3) is 0.118. The Hall–Kier alpha value is -2.13. The number of aromatic amines is 1. The van der Waals surface area contributed by atoms with Gasteiger partial charge in [0, 0.05) is 16.8 Å². The third-order valence-electron chi connectivity index (χ3n) is 3.84. The number of amides is 1. The normalized spacial score (nSPS) is 10.8. The maximum atomic E-state index is 12.1. The van der Waals surface area contributed by atoms with Crippen LogP contribution in [-0.4, -0.2) is 20.9 Å². The zero-order valence-electron chi connectivity index (χ0n) is 13.3. The van der Waals surface area contributed by atoms with Crippen LogP contribution in [0, 0.1) is 3.57 Å². The van der Waals surface area contributed by atoms with Crippen molar-refractivity contribution < 1.29 is 4.79 Å². The Labute approximate surface area is 163 Å². The Balaban J connectivity index is 2.30. The summed E-state index contributed by atoms with van der Waals surface area (Å²) in [6.45, 7) is 2.04. The van der Waals surface area contributed by atoms with E-state index in [9.17, 15) is 4.79 Å². The van der Waals surface area contributed by atoms with Crippen LogP contribution in [0.3, 0.4) is 0 Å². The molecule has 3 aromatic rings. The molecule has 0 saturated heterocycles. The maximum Gasteiger partial charge on any atom is 0.251 e. The van der Waals surface area contributed by atoms with Crippen LogP contribution in [0.5, 0.6) is 0 Å². The number of benzene rings is 1. The first-order valence-corrected chi connectivity index (χ1v) is 8.97. The molecule has 0 bridgehead atoms. The third kappa shape index (κ3) is 3.34.